The zero-order valence-electron chi connectivity index (χ0n) is 14.4. The van der Waals surface area contributed by atoms with Crippen molar-refractivity contribution in [1.29, 1.82) is 0 Å². The van der Waals surface area contributed by atoms with E-state index < -0.39 is 24.3 Å². The molecule has 0 unspecified atom stereocenters. The van der Waals surface area contributed by atoms with Crippen molar-refractivity contribution in [3.05, 3.63) is 24.3 Å². The molecule has 0 aromatic rings. The molecule has 0 bridgehead atoms. The van der Waals surface area contributed by atoms with Crippen LogP contribution >= 0.6 is 0 Å². The molecule has 7 heteroatoms. The third kappa shape index (κ3) is 10.9. The summed E-state index contributed by atoms with van der Waals surface area (Å²) in [4.78, 5) is 21.4. The molecule has 138 valence electrons. The second kappa shape index (κ2) is 12.7. The standard InChI is InChI=1S/C9H16O4.C8H12O3/c1-3-4-7(10)5-8(11)6-9(12)13-2;1-2-3-7-4-6(9)5-8(10)11-7/h3-4,7-8,10-11H,5-6H2,1-2H3;2-3,6-7,9H,4-5H2,1H3/t7-,8-;6-,7-/m11/s1. The van der Waals surface area contributed by atoms with Crippen molar-refractivity contribution in [3.63, 3.8) is 0 Å². The molecule has 3 N–H and O–H groups in total. The maximum absolute atomic E-state index is 10.7. The van der Waals surface area contributed by atoms with E-state index >= 15 is 0 Å². The summed E-state index contributed by atoms with van der Waals surface area (Å²) in [5, 5.41) is 27.6. The average molecular weight is 344 g/mol. The molecule has 1 fully saturated rings. The number of esters is 2. The van der Waals surface area contributed by atoms with Gasteiger partial charge in [-0.05, 0) is 19.9 Å². The van der Waals surface area contributed by atoms with Crippen LogP contribution in [-0.4, -0.2) is 58.8 Å². The Morgan fingerprint density at radius 3 is 2.54 bits per heavy atom. The lowest BCUT2D eigenvalue weighted by Gasteiger charge is -2.23. The normalized spacial score (nSPS) is 23.3. The fourth-order valence-electron chi connectivity index (χ4n) is 2.08. The van der Waals surface area contributed by atoms with Crippen LogP contribution in [0.25, 0.3) is 0 Å². The first kappa shape index (κ1) is 22.3. The molecule has 7 nitrogen and oxygen atoms in total. The van der Waals surface area contributed by atoms with Gasteiger partial charge < -0.3 is 24.8 Å². The number of cyclic esters (lactones) is 1. The predicted octanol–water partition coefficient (Wildman–Crippen LogP) is 0.867. The monoisotopic (exact) mass is 344 g/mol. The zero-order chi connectivity index (χ0) is 18.5. The lowest BCUT2D eigenvalue weighted by Crippen LogP contribution is -2.31. The van der Waals surface area contributed by atoms with Gasteiger partial charge in [-0.3, -0.25) is 9.59 Å². The van der Waals surface area contributed by atoms with Gasteiger partial charge in [0, 0.05) is 12.8 Å². The zero-order valence-corrected chi connectivity index (χ0v) is 14.4. The molecule has 0 spiro atoms. The molecule has 1 heterocycles. The first-order chi connectivity index (χ1) is 11.3. The number of hydrogen-bond acceptors (Lipinski definition) is 7. The molecule has 1 aliphatic heterocycles. The third-order valence-corrected chi connectivity index (χ3v) is 3.15. The highest BCUT2D eigenvalue weighted by molar-refractivity contribution is 5.71. The van der Waals surface area contributed by atoms with Crippen LogP contribution in [0.3, 0.4) is 0 Å². The van der Waals surface area contributed by atoms with E-state index in [1.165, 1.54) is 7.11 Å². The lowest BCUT2D eigenvalue weighted by atomic mass is 10.1. The van der Waals surface area contributed by atoms with Crippen molar-refractivity contribution in [2.24, 2.45) is 0 Å². The molecule has 4 atom stereocenters. The van der Waals surface area contributed by atoms with Crippen LogP contribution in [0.5, 0.6) is 0 Å². The summed E-state index contributed by atoms with van der Waals surface area (Å²) in [5.74, 6) is -0.785. The molecule has 0 amide bonds. The van der Waals surface area contributed by atoms with Gasteiger partial charge in [-0.15, -0.1) is 0 Å². The Kier molecular flexibility index (Phi) is 11.8. The van der Waals surface area contributed by atoms with Crippen LogP contribution in [0.15, 0.2) is 24.3 Å². The molecule has 24 heavy (non-hydrogen) atoms. The fraction of sp³-hybridized carbons (Fsp3) is 0.647. The molecule has 0 aromatic heterocycles. The van der Waals surface area contributed by atoms with E-state index in [2.05, 4.69) is 4.74 Å². The third-order valence-electron chi connectivity index (χ3n) is 3.15. The molecule has 1 rings (SSSR count). The number of carbonyl (C=O) groups is 2. The number of allylic oxidation sites excluding steroid dienone is 2. The first-order valence-corrected chi connectivity index (χ1v) is 7.88. The Morgan fingerprint density at radius 1 is 1.38 bits per heavy atom. The van der Waals surface area contributed by atoms with Crippen molar-refractivity contribution >= 4 is 11.9 Å². The van der Waals surface area contributed by atoms with Crippen molar-refractivity contribution in [1.82, 2.24) is 0 Å². The summed E-state index contributed by atoms with van der Waals surface area (Å²) in [7, 11) is 1.26. The Morgan fingerprint density at radius 2 is 2.04 bits per heavy atom. The van der Waals surface area contributed by atoms with Gasteiger partial charge in [-0.1, -0.05) is 18.2 Å². The maximum Gasteiger partial charge on any atom is 0.309 e. The first-order valence-electron chi connectivity index (χ1n) is 7.88. The van der Waals surface area contributed by atoms with Crippen molar-refractivity contribution < 1.29 is 34.4 Å². The van der Waals surface area contributed by atoms with E-state index in [0.717, 1.165) is 0 Å². The fourth-order valence-corrected chi connectivity index (χ4v) is 2.08. The van der Waals surface area contributed by atoms with Crippen LogP contribution in [0.4, 0.5) is 0 Å². The number of hydrogen-bond donors (Lipinski definition) is 3. The van der Waals surface area contributed by atoms with Gasteiger partial charge in [-0.2, -0.15) is 0 Å². The van der Waals surface area contributed by atoms with Crippen LogP contribution in [0.2, 0.25) is 0 Å². The summed E-state index contributed by atoms with van der Waals surface area (Å²) in [5.41, 5.74) is 0. The van der Waals surface area contributed by atoms with Crippen molar-refractivity contribution in [2.45, 2.75) is 63.9 Å². The Balaban J connectivity index is 0.000000446. The highest BCUT2D eigenvalue weighted by Crippen LogP contribution is 2.15. The van der Waals surface area contributed by atoms with Gasteiger partial charge in [0.2, 0.25) is 0 Å². The summed E-state index contributed by atoms with van der Waals surface area (Å²) in [6.07, 6.45) is 5.26. The van der Waals surface area contributed by atoms with E-state index in [-0.39, 0.29) is 31.3 Å². The van der Waals surface area contributed by atoms with Crippen LogP contribution in [0.1, 0.15) is 39.5 Å². The minimum absolute atomic E-state index is 0.0783. The molecule has 1 aliphatic rings. The van der Waals surface area contributed by atoms with Gasteiger partial charge in [0.1, 0.15) is 6.10 Å². The van der Waals surface area contributed by atoms with Gasteiger partial charge in [0.05, 0.1) is 38.3 Å². The summed E-state index contributed by atoms with van der Waals surface area (Å²) in [6, 6.07) is 0. The SMILES string of the molecule is CC=C[C@@H](O)C[C@@H](O)CC(=O)OC.CC=C[C@@H]1C[C@@H](O)CC(=O)O1. The Labute approximate surface area is 142 Å². The van der Waals surface area contributed by atoms with E-state index in [4.69, 9.17) is 9.84 Å². The number of rotatable bonds is 6. The number of ether oxygens (including phenoxy) is 2. The Hall–Kier alpha value is -1.70. The number of methoxy groups -OCH3 is 1. The topological polar surface area (TPSA) is 113 Å². The molecular formula is C17H28O7. The van der Waals surface area contributed by atoms with Gasteiger partial charge in [0.15, 0.2) is 0 Å². The second-order valence-corrected chi connectivity index (χ2v) is 5.41. The minimum Gasteiger partial charge on any atom is -0.469 e. The number of aliphatic hydroxyl groups is 3. The van der Waals surface area contributed by atoms with E-state index in [1.807, 2.05) is 13.0 Å². The minimum atomic E-state index is -0.848. The van der Waals surface area contributed by atoms with Gasteiger partial charge >= 0.3 is 11.9 Å². The average Bonchev–Trinajstić information content (AvgIpc) is 2.47. The van der Waals surface area contributed by atoms with E-state index in [1.54, 1.807) is 25.2 Å². The molecule has 0 aromatic carbocycles. The van der Waals surface area contributed by atoms with Crippen molar-refractivity contribution in [2.75, 3.05) is 7.11 Å². The number of carbonyl (C=O) groups excluding carboxylic acids is 2. The summed E-state index contributed by atoms with van der Waals surface area (Å²) >= 11 is 0. The van der Waals surface area contributed by atoms with Gasteiger partial charge in [-0.25, -0.2) is 0 Å². The van der Waals surface area contributed by atoms with Crippen molar-refractivity contribution in [3.8, 4) is 0 Å². The lowest BCUT2D eigenvalue weighted by molar-refractivity contribution is -0.156. The molecular weight excluding hydrogens is 316 g/mol. The van der Waals surface area contributed by atoms with E-state index in [9.17, 15) is 19.8 Å². The van der Waals surface area contributed by atoms with Crippen LogP contribution in [0, 0.1) is 0 Å². The smallest absolute Gasteiger partial charge is 0.309 e. The molecule has 0 aliphatic carbocycles. The van der Waals surface area contributed by atoms with Gasteiger partial charge in [0.25, 0.3) is 0 Å². The summed E-state index contributed by atoms with van der Waals surface area (Å²) in [6.45, 7) is 3.63. The highest BCUT2D eigenvalue weighted by atomic mass is 16.5. The second-order valence-electron chi connectivity index (χ2n) is 5.41. The van der Waals surface area contributed by atoms with Crippen LogP contribution < -0.4 is 0 Å². The largest absolute Gasteiger partial charge is 0.469 e. The predicted molar refractivity (Wildman–Crippen MR) is 88.0 cm³/mol. The Bertz CT molecular complexity index is 431. The quantitative estimate of drug-likeness (QED) is 0.484. The van der Waals surface area contributed by atoms with E-state index in [0.29, 0.717) is 6.42 Å². The maximum atomic E-state index is 10.7. The highest BCUT2D eigenvalue weighted by Gasteiger charge is 2.24. The molecule has 0 saturated carbocycles. The molecule has 0 radical (unpaired) electrons. The summed E-state index contributed by atoms with van der Waals surface area (Å²) < 4.78 is 9.28. The van der Waals surface area contributed by atoms with Crippen LogP contribution in [-0.2, 0) is 19.1 Å². The molecule has 1 saturated heterocycles. The number of aliphatic hydroxyl groups excluding tert-OH is 3.